The van der Waals surface area contributed by atoms with Gasteiger partial charge >= 0.3 is 0 Å². The SMILES string of the molecule is CCCCCCCCCCCCCCOc1ccc(CC(=O)Nc2cccc(C[n+]3cc(C)cc(C)c3)c2)cc1.[Br-]. The van der Waals surface area contributed by atoms with E-state index in [0.717, 1.165) is 42.1 Å². The number of benzene rings is 2. The molecule has 0 fully saturated rings. The van der Waals surface area contributed by atoms with Crippen molar-refractivity contribution >= 4 is 11.6 Å². The molecule has 3 aromatic rings. The highest BCUT2D eigenvalue weighted by molar-refractivity contribution is 5.92. The summed E-state index contributed by atoms with van der Waals surface area (Å²) < 4.78 is 8.12. The van der Waals surface area contributed by atoms with Crippen molar-refractivity contribution in [2.75, 3.05) is 11.9 Å². The quantitative estimate of drug-likeness (QED) is 0.133. The van der Waals surface area contributed by atoms with Crippen LogP contribution in [0.15, 0.2) is 67.0 Å². The number of aryl methyl sites for hydroxylation is 2. The summed E-state index contributed by atoms with van der Waals surface area (Å²) in [5, 5.41) is 3.05. The summed E-state index contributed by atoms with van der Waals surface area (Å²) in [6, 6.07) is 18.2. The van der Waals surface area contributed by atoms with Gasteiger partial charge in [-0.05, 0) is 56.2 Å². The summed E-state index contributed by atoms with van der Waals surface area (Å²) in [5.41, 5.74) is 5.45. The normalized spacial score (nSPS) is 10.7. The van der Waals surface area contributed by atoms with E-state index < -0.39 is 0 Å². The van der Waals surface area contributed by atoms with E-state index in [1.807, 2.05) is 36.4 Å². The number of hydrogen-bond acceptors (Lipinski definition) is 2. The van der Waals surface area contributed by atoms with Crippen LogP contribution in [0.3, 0.4) is 0 Å². The molecule has 0 spiro atoms. The average molecular weight is 624 g/mol. The minimum atomic E-state index is -0.0126. The summed E-state index contributed by atoms with van der Waals surface area (Å²) in [5.74, 6) is 0.866. The molecule has 224 valence electrons. The van der Waals surface area contributed by atoms with Gasteiger partial charge in [0.25, 0.3) is 0 Å². The number of carbonyl (C=O) groups is 1. The number of nitrogens with zero attached hydrogens (tertiary/aromatic N) is 1. The van der Waals surface area contributed by atoms with Gasteiger partial charge < -0.3 is 27.0 Å². The zero-order valence-electron chi connectivity index (χ0n) is 25.6. The fourth-order valence-electron chi connectivity index (χ4n) is 5.27. The van der Waals surface area contributed by atoms with Crippen LogP contribution in [-0.2, 0) is 17.8 Å². The molecule has 0 aliphatic rings. The minimum absolute atomic E-state index is 0. The van der Waals surface area contributed by atoms with E-state index in [2.05, 4.69) is 61.2 Å². The number of nitrogens with one attached hydrogen (secondary N) is 1. The molecule has 1 heterocycles. The molecule has 2 aromatic carbocycles. The topological polar surface area (TPSA) is 42.2 Å². The number of halogens is 1. The fourth-order valence-corrected chi connectivity index (χ4v) is 5.27. The Morgan fingerprint density at radius 1 is 0.732 bits per heavy atom. The Morgan fingerprint density at radius 2 is 1.32 bits per heavy atom. The molecule has 5 heteroatoms. The highest BCUT2D eigenvalue weighted by Crippen LogP contribution is 2.16. The molecule has 3 rings (SSSR count). The molecule has 0 aliphatic heterocycles. The fraction of sp³-hybridized carbons (Fsp3) is 0.500. The Labute approximate surface area is 259 Å². The van der Waals surface area contributed by atoms with Crippen molar-refractivity contribution in [2.24, 2.45) is 0 Å². The van der Waals surface area contributed by atoms with Crippen molar-refractivity contribution in [2.45, 2.75) is 111 Å². The van der Waals surface area contributed by atoms with Crippen molar-refractivity contribution in [1.29, 1.82) is 0 Å². The molecule has 0 saturated heterocycles. The number of aromatic nitrogens is 1. The molecular formula is C36H51BrN2O2. The first-order valence-electron chi connectivity index (χ1n) is 15.6. The number of hydrogen-bond donors (Lipinski definition) is 1. The van der Waals surface area contributed by atoms with Crippen LogP contribution in [0.25, 0.3) is 0 Å². The molecule has 1 N–H and O–H groups in total. The van der Waals surface area contributed by atoms with Crippen LogP contribution in [0.4, 0.5) is 5.69 Å². The van der Waals surface area contributed by atoms with E-state index in [4.69, 9.17) is 4.74 Å². The molecular weight excluding hydrogens is 572 g/mol. The highest BCUT2D eigenvalue weighted by atomic mass is 79.9. The first kappa shape index (κ1) is 34.5. The lowest BCUT2D eigenvalue weighted by Crippen LogP contribution is -3.00. The second kappa shape index (κ2) is 20.3. The number of carbonyl (C=O) groups excluding carboxylic acids is 1. The zero-order chi connectivity index (χ0) is 28.4. The Hall–Kier alpha value is -2.66. The van der Waals surface area contributed by atoms with Crippen LogP contribution in [0.2, 0.25) is 0 Å². The molecule has 0 bridgehead atoms. The van der Waals surface area contributed by atoms with Crippen LogP contribution < -0.4 is 31.6 Å². The predicted molar refractivity (Wildman–Crippen MR) is 167 cm³/mol. The van der Waals surface area contributed by atoms with Crippen LogP contribution in [-0.4, -0.2) is 12.5 Å². The van der Waals surface area contributed by atoms with Gasteiger partial charge in [-0.1, -0.05) is 102 Å². The van der Waals surface area contributed by atoms with Crippen LogP contribution >= 0.6 is 0 Å². The van der Waals surface area contributed by atoms with E-state index in [1.165, 1.54) is 81.8 Å². The van der Waals surface area contributed by atoms with Crippen LogP contribution in [0, 0.1) is 13.8 Å². The Bertz CT molecular complexity index is 1130. The third-order valence-electron chi connectivity index (χ3n) is 7.32. The average Bonchev–Trinajstić information content (AvgIpc) is 2.92. The lowest BCUT2D eigenvalue weighted by atomic mass is 10.1. The minimum Gasteiger partial charge on any atom is -1.00 e. The lowest BCUT2D eigenvalue weighted by molar-refractivity contribution is -0.689. The standard InChI is InChI=1S/C36H50N2O2.BrH/c1-4-5-6-7-8-9-10-11-12-13-14-15-23-40-35-21-19-32(20-22-35)26-36(39)37-34-18-16-17-33(25-34)29-38-27-30(2)24-31(3)28-38;/h16-22,24-25,27-28H,4-15,23,26,29H2,1-3H3;1H. The smallest absolute Gasteiger partial charge is 0.228 e. The molecule has 1 amide bonds. The van der Waals surface area contributed by atoms with E-state index in [-0.39, 0.29) is 22.9 Å². The molecule has 0 saturated carbocycles. The molecule has 41 heavy (non-hydrogen) atoms. The number of anilines is 1. The third-order valence-corrected chi connectivity index (χ3v) is 7.32. The van der Waals surface area contributed by atoms with Gasteiger partial charge in [0.05, 0.1) is 13.0 Å². The zero-order valence-corrected chi connectivity index (χ0v) is 27.2. The largest absolute Gasteiger partial charge is 1.00 e. The maximum absolute atomic E-state index is 12.7. The first-order valence-corrected chi connectivity index (χ1v) is 15.6. The summed E-state index contributed by atoms with van der Waals surface area (Å²) >= 11 is 0. The summed E-state index contributed by atoms with van der Waals surface area (Å²) in [6.45, 7) is 8.03. The van der Waals surface area contributed by atoms with Gasteiger partial charge in [0.1, 0.15) is 5.75 Å². The number of pyridine rings is 1. The van der Waals surface area contributed by atoms with Gasteiger partial charge in [0, 0.05) is 22.4 Å². The van der Waals surface area contributed by atoms with Gasteiger partial charge in [0.15, 0.2) is 18.9 Å². The Kier molecular flexibility index (Phi) is 17.1. The van der Waals surface area contributed by atoms with Crippen LogP contribution in [0.5, 0.6) is 5.75 Å². The number of ether oxygens (including phenoxy) is 1. The van der Waals surface area contributed by atoms with E-state index in [0.29, 0.717) is 6.42 Å². The van der Waals surface area contributed by atoms with Gasteiger partial charge in [-0.15, -0.1) is 0 Å². The van der Waals surface area contributed by atoms with E-state index in [1.54, 1.807) is 0 Å². The number of rotatable bonds is 19. The molecule has 0 atom stereocenters. The summed E-state index contributed by atoms with van der Waals surface area (Å²) in [7, 11) is 0. The molecule has 0 radical (unpaired) electrons. The molecule has 0 aliphatic carbocycles. The van der Waals surface area contributed by atoms with Crippen LogP contribution in [0.1, 0.15) is 106 Å². The first-order chi connectivity index (χ1) is 19.5. The predicted octanol–water partition coefficient (Wildman–Crippen LogP) is 5.90. The Balaban J connectivity index is 0.00000588. The van der Waals surface area contributed by atoms with Crippen molar-refractivity contribution in [3.63, 3.8) is 0 Å². The number of amides is 1. The summed E-state index contributed by atoms with van der Waals surface area (Å²) in [6.07, 6.45) is 20.8. The molecule has 0 unspecified atom stereocenters. The second-order valence-electron chi connectivity index (χ2n) is 11.4. The van der Waals surface area contributed by atoms with Crippen molar-refractivity contribution in [1.82, 2.24) is 0 Å². The Morgan fingerprint density at radius 3 is 1.93 bits per heavy atom. The van der Waals surface area contributed by atoms with E-state index >= 15 is 0 Å². The van der Waals surface area contributed by atoms with Gasteiger partial charge in [0.2, 0.25) is 5.91 Å². The molecule has 1 aromatic heterocycles. The number of unbranched alkanes of at least 4 members (excludes halogenated alkanes) is 11. The van der Waals surface area contributed by atoms with Gasteiger partial charge in [-0.3, -0.25) is 4.79 Å². The van der Waals surface area contributed by atoms with E-state index in [9.17, 15) is 4.79 Å². The lowest BCUT2D eigenvalue weighted by Gasteiger charge is -2.09. The second-order valence-corrected chi connectivity index (χ2v) is 11.4. The maximum atomic E-state index is 12.7. The van der Waals surface area contributed by atoms with Crippen molar-refractivity contribution in [3.8, 4) is 5.75 Å². The van der Waals surface area contributed by atoms with Gasteiger partial charge in [-0.2, -0.15) is 0 Å². The monoisotopic (exact) mass is 622 g/mol. The highest BCUT2D eigenvalue weighted by Gasteiger charge is 2.09. The third kappa shape index (κ3) is 14.7. The summed E-state index contributed by atoms with van der Waals surface area (Å²) in [4.78, 5) is 12.7. The van der Waals surface area contributed by atoms with Gasteiger partial charge in [-0.25, -0.2) is 4.57 Å². The van der Waals surface area contributed by atoms with Crippen molar-refractivity contribution in [3.05, 3.63) is 89.2 Å². The van der Waals surface area contributed by atoms with Crippen molar-refractivity contribution < 1.29 is 31.1 Å². The molecule has 4 nitrogen and oxygen atoms in total. The maximum Gasteiger partial charge on any atom is 0.228 e.